The maximum Gasteiger partial charge on any atom is 0.220 e. The second-order valence-corrected chi connectivity index (χ2v) is 5.45. The zero-order valence-electron chi connectivity index (χ0n) is 12.9. The molecule has 2 rings (SSSR count). The van der Waals surface area contributed by atoms with Crippen molar-refractivity contribution in [3.8, 4) is 0 Å². The summed E-state index contributed by atoms with van der Waals surface area (Å²) in [5.41, 5.74) is 7.69. The molecule has 1 aliphatic rings. The van der Waals surface area contributed by atoms with E-state index in [1.54, 1.807) is 0 Å². The van der Waals surface area contributed by atoms with Crippen molar-refractivity contribution in [2.45, 2.75) is 32.1 Å². The molecule has 4 nitrogen and oxygen atoms in total. The van der Waals surface area contributed by atoms with Gasteiger partial charge in [0.25, 0.3) is 0 Å². The minimum Gasteiger partial charge on any atom is -0.399 e. The maximum atomic E-state index is 11.8. The molecule has 0 atom stereocenters. The molecule has 0 saturated carbocycles. The van der Waals surface area contributed by atoms with Gasteiger partial charge in [-0.25, -0.2) is 0 Å². The number of nitrogens with one attached hydrogen (secondary N) is 1. The molecule has 1 aliphatic heterocycles. The Morgan fingerprint density at radius 2 is 1.86 bits per heavy atom. The van der Waals surface area contributed by atoms with Gasteiger partial charge in [0.2, 0.25) is 5.91 Å². The van der Waals surface area contributed by atoms with Crippen molar-refractivity contribution in [2.75, 3.05) is 31.9 Å². The van der Waals surface area contributed by atoms with E-state index in [1.165, 1.54) is 25.9 Å². The van der Waals surface area contributed by atoms with Crippen molar-refractivity contribution in [2.24, 2.45) is 0 Å². The molecule has 0 aromatic heterocycles. The van der Waals surface area contributed by atoms with E-state index in [2.05, 4.69) is 10.2 Å². The van der Waals surface area contributed by atoms with Crippen molar-refractivity contribution in [1.29, 1.82) is 0 Å². The lowest BCUT2D eigenvalue weighted by atomic mass is 10.1. The van der Waals surface area contributed by atoms with Crippen LogP contribution in [0.1, 0.15) is 31.2 Å². The number of likely N-dealkylation sites (tertiary alicyclic amines) is 1. The fraction of sp³-hybridized carbons (Fsp3) is 0.562. The van der Waals surface area contributed by atoms with Gasteiger partial charge in [-0.2, -0.15) is 0 Å². The van der Waals surface area contributed by atoms with Crippen LogP contribution in [0.25, 0.3) is 0 Å². The Kier molecular flexibility index (Phi) is 11.1. The number of halogens is 2. The molecule has 0 bridgehead atoms. The second kappa shape index (κ2) is 11.6. The summed E-state index contributed by atoms with van der Waals surface area (Å²) in [6.45, 7) is 4.33. The number of hydrogen-bond donors (Lipinski definition) is 2. The lowest BCUT2D eigenvalue weighted by Crippen LogP contribution is -2.28. The zero-order valence-corrected chi connectivity index (χ0v) is 14.6. The highest BCUT2D eigenvalue weighted by Crippen LogP contribution is 2.12. The molecule has 1 aromatic carbocycles. The maximum absolute atomic E-state index is 11.8. The minimum atomic E-state index is 0. The minimum absolute atomic E-state index is 0. The number of hydrogen-bond acceptors (Lipinski definition) is 3. The fourth-order valence-electron chi connectivity index (χ4n) is 2.64. The number of benzene rings is 1. The molecule has 0 unspecified atom stereocenters. The number of para-hydroxylation sites is 1. The average Bonchev–Trinajstić information content (AvgIpc) is 2.96. The molecule has 0 spiro atoms. The van der Waals surface area contributed by atoms with Crippen LogP contribution in [0.2, 0.25) is 0 Å². The van der Waals surface area contributed by atoms with E-state index in [-0.39, 0.29) is 30.7 Å². The van der Waals surface area contributed by atoms with Crippen molar-refractivity contribution < 1.29 is 4.79 Å². The van der Waals surface area contributed by atoms with E-state index >= 15 is 0 Å². The van der Waals surface area contributed by atoms with Crippen molar-refractivity contribution in [3.63, 3.8) is 0 Å². The molecule has 126 valence electrons. The summed E-state index contributed by atoms with van der Waals surface area (Å²) in [5, 5.41) is 2.99. The number of rotatable bonds is 7. The smallest absolute Gasteiger partial charge is 0.220 e. The quantitative estimate of drug-likeness (QED) is 0.588. The number of aryl methyl sites for hydroxylation is 1. The van der Waals surface area contributed by atoms with Gasteiger partial charge in [0.15, 0.2) is 0 Å². The van der Waals surface area contributed by atoms with Crippen LogP contribution in [0, 0.1) is 0 Å². The first-order valence-electron chi connectivity index (χ1n) is 7.58. The Morgan fingerprint density at radius 1 is 1.18 bits per heavy atom. The summed E-state index contributed by atoms with van der Waals surface area (Å²) in [5.74, 6) is 0.120. The molecule has 1 amide bonds. The predicted octanol–water partition coefficient (Wildman–Crippen LogP) is 2.65. The lowest BCUT2D eigenvalue weighted by molar-refractivity contribution is -0.121. The Hall–Kier alpha value is -0.970. The van der Waals surface area contributed by atoms with Crippen LogP contribution >= 0.6 is 24.8 Å². The average molecular weight is 348 g/mol. The van der Waals surface area contributed by atoms with Gasteiger partial charge in [0.05, 0.1) is 0 Å². The molecular formula is C16H27Cl2N3O. The normalized spacial score (nSPS) is 14.0. The number of anilines is 1. The third-order valence-corrected chi connectivity index (χ3v) is 3.85. The third-order valence-electron chi connectivity index (χ3n) is 3.85. The van der Waals surface area contributed by atoms with E-state index in [4.69, 9.17) is 5.73 Å². The van der Waals surface area contributed by atoms with Gasteiger partial charge in [-0.05, 0) is 56.9 Å². The summed E-state index contributed by atoms with van der Waals surface area (Å²) in [7, 11) is 0. The summed E-state index contributed by atoms with van der Waals surface area (Å²) in [4.78, 5) is 14.2. The van der Waals surface area contributed by atoms with Gasteiger partial charge in [0, 0.05) is 18.7 Å². The van der Waals surface area contributed by atoms with E-state index in [9.17, 15) is 4.79 Å². The number of amides is 1. The van der Waals surface area contributed by atoms with Gasteiger partial charge in [0.1, 0.15) is 0 Å². The van der Waals surface area contributed by atoms with Crippen LogP contribution in [-0.2, 0) is 11.2 Å². The molecule has 1 aromatic rings. The highest BCUT2D eigenvalue weighted by Gasteiger charge is 2.10. The first kappa shape index (κ1) is 21.0. The molecule has 6 heteroatoms. The van der Waals surface area contributed by atoms with Gasteiger partial charge < -0.3 is 16.0 Å². The third kappa shape index (κ3) is 7.34. The van der Waals surface area contributed by atoms with Crippen LogP contribution in [0.4, 0.5) is 5.69 Å². The molecular weight excluding hydrogens is 321 g/mol. The first-order valence-corrected chi connectivity index (χ1v) is 7.58. The van der Waals surface area contributed by atoms with Crippen LogP contribution in [0.3, 0.4) is 0 Å². The van der Waals surface area contributed by atoms with Gasteiger partial charge in [-0.15, -0.1) is 24.8 Å². The Bertz CT molecular complexity index is 437. The molecule has 1 saturated heterocycles. The second-order valence-electron chi connectivity index (χ2n) is 5.45. The van der Waals surface area contributed by atoms with Crippen LogP contribution in [0.15, 0.2) is 24.3 Å². The highest BCUT2D eigenvalue weighted by atomic mass is 35.5. The SMILES string of the molecule is Cl.Cl.Nc1ccccc1CCC(=O)NCCCN1CCCC1. The number of carbonyl (C=O) groups excluding carboxylic acids is 1. The van der Waals surface area contributed by atoms with Crippen molar-refractivity contribution in [1.82, 2.24) is 10.2 Å². The highest BCUT2D eigenvalue weighted by molar-refractivity contribution is 5.85. The van der Waals surface area contributed by atoms with E-state index in [0.717, 1.165) is 30.8 Å². The first-order chi connectivity index (χ1) is 9.75. The lowest BCUT2D eigenvalue weighted by Gasteiger charge is -2.14. The van der Waals surface area contributed by atoms with E-state index in [0.29, 0.717) is 12.8 Å². The Balaban J connectivity index is 0.00000220. The largest absolute Gasteiger partial charge is 0.399 e. The van der Waals surface area contributed by atoms with E-state index in [1.807, 2.05) is 24.3 Å². The predicted molar refractivity (Wildman–Crippen MR) is 97.0 cm³/mol. The number of carbonyl (C=O) groups is 1. The molecule has 1 fully saturated rings. The van der Waals surface area contributed by atoms with Gasteiger partial charge in [-0.1, -0.05) is 18.2 Å². The molecule has 0 radical (unpaired) electrons. The van der Waals surface area contributed by atoms with Crippen LogP contribution in [0.5, 0.6) is 0 Å². The summed E-state index contributed by atoms with van der Waals surface area (Å²) in [6.07, 6.45) is 4.91. The molecule has 22 heavy (non-hydrogen) atoms. The summed E-state index contributed by atoms with van der Waals surface area (Å²) >= 11 is 0. The van der Waals surface area contributed by atoms with Crippen molar-refractivity contribution in [3.05, 3.63) is 29.8 Å². The van der Waals surface area contributed by atoms with Gasteiger partial charge >= 0.3 is 0 Å². The van der Waals surface area contributed by atoms with Crippen molar-refractivity contribution >= 4 is 36.4 Å². The summed E-state index contributed by atoms with van der Waals surface area (Å²) in [6, 6.07) is 7.73. The van der Waals surface area contributed by atoms with Crippen LogP contribution in [-0.4, -0.2) is 37.0 Å². The van der Waals surface area contributed by atoms with Crippen LogP contribution < -0.4 is 11.1 Å². The number of nitrogen functional groups attached to an aromatic ring is 1. The Labute approximate surface area is 145 Å². The molecule has 3 N–H and O–H groups in total. The summed E-state index contributed by atoms with van der Waals surface area (Å²) < 4.78 is 0. The van der Waals surface area contributed by atoms with Gasteiger partial charge in [-0.3, -0.25) is 4.79 Å². The number of nitrogens with two attached hydrogens (primary N) is 1. The standard InChI is InChI=1S/C16H25N3O.2ClH/c17-15-7-2-1-6-14(15)8-9-16(20)18-10-5-13-19-11-3-4-12-19;;/h1-2,6-7H,3-5,8-13,17H2,(H,18,20);2*1H. The Morgan fingerprint density at radius 3 is 2.55 bits per heavy atom. The zero-order chi connectivity index (χ0) is 14.2. The topological polar surface area (TPSA) is 58.4 Å². The van der Waals surface area contributed by atoms with E-state index < -0.39 is 0 Å². The molecule has 0 aliphatic carbocycles. The fourth-order valence-corrected chi connectivity index (χ4v) is 2.64. The monoisotopic (exact) mass is 347 g/mol. The molecule has 1 heterocycles. The number of nitrogens with zero attached hydrogens (tertiary/aromatic N) is 1.